The molecule has 0 spiro atoms. The molecule has 1 aromatic heterocycles. The highest BCUT2D eigenvalue weighted by molar-refractivity contribution is 6.22. The van der Waals surface area contributed by atoms with Crippen LogP contribution in [0.25, 0.3) is 0 Å². The third kappa shape index (κ3) is 4.21. The molecule has 1 saturated heterocycles. The molecule has 7 heteroatoms. The molecule has 2 amide bonds. The highest BCUT2D eigenvalue weighted by atomic mass is 16.3. The number of nitrogens with zero attached hydrogens (tertiary/aromatic N) is 4. The van der Waals surface area contributed by atoms with Crippen molar-refractivity contribution in [3.63, 3.8) is 0 Å². The fraction of sp³-hybridized carbons (Fsp3) is 0.296. The van der Waals surface area contributed by atoms with E-state index >= 15 is 0 Å². The van der Waals surface area contributed by atoms with Crippen molar-refractivity contribution < 1.29 is 14.0 Å². The number of amides is 2. The Morgan fingerprint density at radius 1 is 0.971 bits per heavy atom. The molecule has 174 valence electrons. The third-order valence-electron chi connectivity index (χ3n) is 6.58. The molecular weight excluding hydrogens is 428 g/mol. The summed E-state index contributed by atoms with van der Waals surface area (Å²) in [5.74, 6) is 0.888. The van der Waals surface area contributed by atoms with Crippen molar-refractivity contribution in [2.45, 2.75) is 26.3 Å². The minimum Gasteiger partial charge on any atom is -0.459 e. The van der Waals surface area contributed by atoms with Gasteiger partial charge in [-0.05, 0) is 54.8 Å². The fourth-order valence-corrected chi connectivity index (χ4v) is 4.47. The number of hydrogen-bond donors (Lipinski definition) is 0. The van der Waals surface area contributed by atoms with Gasteiger partial charge in [0.2, 0.25) is 5.96 Å². The lowest BCUT2D eigenvalue weighted by Gasteiger charge is -2.37. The van der Waals surface area contributed by atoms with Gasteiger partial charge in [0.1, 0.15) is 6.04 Å². The van der Waals surface area contributed by atoms with Crippen LogP contribution in [0.1, 0.15) is 27.2 Å². The molecule has 0 saturated carbocycles. The fourth-order valence-electron chi connectivity index (χ4n) is 4.47. The Labute approximate surface area is 199 Å². The summed E-state index contributed by atoms with van der Waals surface area (Å²) < 4.78 is 5.27. The van der Waals surface area contributed by atoms with Gasteiger partial charge in [-0.2, -0.15) is 0 Å². The minimum absolute atomic E-state index is 0.0174. The Morgan fingerprint density at radius 2 is 1.74 bits per heavy atom. The summed E-state index contributed by atoms with van der Waals surface area (Å²) in [7, 11) is 0. The van der Waals surface area contributed by atoms with E-state index in [1.165, 1.54) is 11.8 Å². The molecule has 0 bridgehead atoms. The summed E-state index contributed by atoms with van der Waals surface area (Å²) in [6.07, 6.45) is 2.07. The van der Waals surface area contributed by atoms with Crippen LogP contribution in [0, 0.1) is 13.8 Å². The standard InChI is InChI=1S/C27H28N4O3/c1-19-10-11-22(17-20(19)2)31-25(32)23(18-21-7-4-3-5-8-21)28-27(31)30-14-12-29(13-15-30)26(33)24-9-6-16-34-24/h3-11,16-17,23H,12-15,18H2,1-2H3. The van der Waals surface area contributed by atoms with Gasteiger partial charge < -0.3 is 14.2 Å². The molecule has 7 nitrogen and oxygen atoms in total. The number of piperazine rings is 1. The van der Waals surface area contributed by atoms with Gasteiger partial charge in [0, 0.05) is 32.6 Å². The van der Waals surface area contributed by atoms with Gasteiger partial charge in [-0.1, -0.05) is 36.4 Å². The van der Waals surface area contributed by atoms with Crippen molar-refractivity contribution in [2.24, 2.45) is 4.99 Å². The largest absolute Gasteiger partial charge is 0.459 e. The van der Waals surface area contributed by atoms with Crippen LogP contribution in [-0.4, -0.2) is 59.8 Å². The monoisotopic (exact) mass is 456 g/mol. The highest BCUT2D eigenvalue weighted by Gasteiger charge is 2.39. The first-order valence-electron chi connectivity index (χ1n) is 11.6. The van der Waals surface area contributed by atoms with E-state index in [2.05, 4.69) is 18.7 Å². The Bertz CT molecular complexity index is 1210. The summed E-state index contributed by atoms with van der Waals surface area (Å²) in [6, 6.07) is 19.0. The van der Waals surface area contributed by atoms with Crippen LogP contribution in [-0.2, 0) is 11.2 Å². The Hall–Kier alpha value is -3.87. The molecule has 1 atom stereocenters. The summed E-state index contributed by atoms with van der Waals surface area (Å²) in [5, 5.41) is 0. The number of guanidine groups is 1. The molecule has 2 aromatic carbocycles. The van der Waals surface area contributed by atoms with Gasteiger partial charge in [-0.3, -0.25) is 9.59 Å². The Morgan fingerprint density at radius 3 is 2.41 bits per heavy atom. The van der Waals surface area contributed by atoms with Gasteiger partial charge >= 0.3 is 0 Å². The quantitative estimate of drug-likeness (QED) is 0.601. The molecular formula is C27H28N4O3. The first kappa shape index (κ1) is 21.9. The maximum Gasteiger partial charge on any atom is 0.289 e. The van der Waals surface area contributed by atoms with Crippen LogP contribution in [0.4, 0.5) is 5.69 Å². The number of aliphatic imine (C=N–C) groups is 1. The molecule has 2 aliphatic heterocycles. The normalized spacial score (nSPS) is 18.4. The van der Waals surface area contributed by atoms with Crippen LogP contribution in [0.2, 0.25) is 0 Å². The van der Waals surface area contributed by atoms with Crippen molar-refractivity contribution in [1.29, 1.82) is 0 Å². The lowest BCUT2D eigenvalue weighted by atomic mass is 10.1. The third-order valence-corrected chi connectivity index (χ3v) is 6.58. The summed E-state index contributed by atoms with van der Waals surface area (Å²) in [5.41, 5.74) is 4.22. The molecule has 5 rings (SSSR count). The zero-order valence-corrected chi connectivity index (χ0v) is 19.5. The molecule has 1 fully saturated rings. The molecule has 1 unspecified atom stereocenters. The number of carbonyl (C=O) groups is 2. The topological polar surface area (TPSA) is 69.4 Å². The lowest BCUT2D eigenvalue weighted by molar-refractivity contribution is -0.118. The zero-order chi connectivity index (χ0) is 23.7. The van der Waals surface area contributed by atoms with Crippen molar-refractivity contribution in [3.05, 3.63) is 89.4 Å². The van der Waals surface area contributed by atoms with Gasteiger partial charge in [0.15, 0.2) is 5.76 Å². The number of aryl methyl sites for hydroxylation is 2. The van der Waals surface area contributed by atoms with Crippen molar-refractivity contribution in [3.8, 4) is 0 Å². The molecule has 3 aromatic rings. The highest BCUT2D eigenvalue weighted by Crippen LogP contribution is 2.27. The second kappa shape index (κ2) is 9.17. The number of furan rings is 1. The van der Waals surface area contributed by atoms with E-state index in [0.29, 0.717) is 44.3 Å². The maximum absolute atomic E-state index is 13.6. The van der Waals surface area contributed by atoms with E-state index in [1.54, 1.807) is 21.9 Å². The molecule has 34 heavy (non-hydrogen) atoms. The van der Waals surface area contributed by atoms with Crippen molar-refractivity contribution in [1.82, 2.24) is 9.80 Å². The molecule has 3 heterocycles. The molecule has 2 aliphatic rings. The molecule has 0 radical (unpaired) electrons. The van der Waals surface area contributed by atoms with E-state index in [-0.39, 0.29) is 11.8 Å². The van der Waals surface area contributed by atoms with Crippen LogP contribution >= 0.6 is 0 Å². The predicted molar refractivity (Wildman–Crippen MR) is 131 cm³/mol. The lowest BCUT2D eigenvalue weighted by Crippen LogP contribution is -2.54. The minimum atomic E-state index is -0.471. The summed E-state index contributed by atoms with van der Waals surface area (Å²) >= 11 is 0. The Kier molecular flexibility index (Phi) is 5.92. The van der Waals surface area contributed by atoms with Gasteiger partial charge in [-0.25, -0.2) is 9.89 Å². The van der Waals surface area contributed by atoms with Gasteiger partial charge in [-0.15, -0.1) is 0 Å². The summed E-state index contributed by atoms with van der Waals surface area (Å²) in [6.45, 7) is 6.38. The number of rotatable bonds is 4. The average Bonchev–Trinajstić information content (AvgIpc) is 3.50. The van der Waals surface area contributed by atoms with E-state index in [9.17, 15) is 9.59 Å². The molecule has 0 aliphatic carbocycles. The van der Waals surface area contributed by atoms with E-state index < -0.39 is 6.04 Å². The smallest absolute Gasteiger partial charge is 0.289 e. The van der Waals surface area contributed by atoms with Crippen molar-refractivity contribution >= 4 is 23.5 Å². The second-order valence-electron chi connectivity index (χ2n) is 8.83. The number of carbonyl (C=O) groups excluding carboxylic acids is 2. The van der Waals surface area contributed by atoms with E-state index in [1.807, 2.05) is 48.5 Å². The SMILES string of the molecule is Cc1ccc(N2C(=O)C(Cc3ccccc3)N=C2N2CCN(C(=O)c3ccco3)CC2)cc1C. The predicted octanol–water partition coefficient (Wildman–Crippen LogP) is 3.67. The van der Waals surface area contributed by atoms with Gasteiger partial charge in [0.05, 0.1) is 12.0 Å². The average molecular weight is 457 g/mol. The first-order valence-corrected chi connectivity index (χ1v) is 11.6. The zero-order valence-electron chi connectivity index (χ0n) is 19.5. The number of hydrogen-bond acceptors (Lipinski definition) is 5. The Balaban J connectivity index is 1.39. The van der Waals surface area contributed by atoms with E-state index in [0.717, 1.165) is 16.8 Å². The van der Waals surface area contributed by atoms with E-state index in [4.69, 9.17) is 9.41 Å². The van der Waals surface area contributed by atoms with Crippen molar-refractivity contribution in [2.75, 3.05) is 31.1 Å². The number of benzene rings is 2. The second-order valence-corrected chi connectivity index (χ2v) is 8.83. The summed E-state index contributed by atoms with van der Waals surface area (Å²) in [4.78, 5) is 36.8. The van der Waals surface area contributed by atoms with Gasteiger partial charge in [0.25, 0.3) is 11.8 Å². The maximum atomic E-state index is 13.6. The van der Waals surface area contributed by atoms with Crippen LogP contribution in [0.3, 0.4) is 0 Å². The molecule has 0 N–H and O–H groups in total. The first-order chi connectivity index (χ1) is 16.5. The number of anilines is 1. The van der Waals surface area contributed by atoms with Crippen LogP contribution in [0.15, 0.2) is 76.3 Å². The van der Waals surface area contributed by atoms with Crippen LogP contribution < -0.4 is 4.90 Å². The van der Waals surface area contributed by atoms with Crippen LogP contribution in [0.5, 0.6) is 0 Å².